The van der Waals surface area contributed by atoms with Gasteiger partial charge in [0.25, 0.3) is 0 Å². The minimum Gasteiger partial charge on any atom is -0.383 e. The van der Waals surface area contributed by atoms with E-state index in [0.29, 0.717) is 42.8 Å². The van der Waals surface area contributed by atoms with Crippen LogP contribution in [0.5, 0.6) is 0 Å². The Morgan fingerprint density at radius 2 is 1.86 bits per heavy atom. The van der Waals surface area contributed by atoms with Gasteiger partial charge >= 0.3 is 6.18 Å². The topological polar surface area (TPSA) is 44.3 Å². The van der Waals surface area contributed by atoms with Crippen molar-refractivity contribution in [3.05, 3.63) is 11.5 Å². The molecule has 0 saturated carbocycles. The van der Waals surface area contributed by atoms with Gasteiger partial charge in [-0.3, -0.25) is 4.90 Å². The number of rotatable bonds is 3. The number of aromatic nitrogens is 2. The molecule has 0 amide bonds. The van der Waals surface area contributed by atoms with E-state index in [-0.39, 0.29) is 0 Å². The summed E-state index contributed by atoms with van der Waals surface area (Å²) in [5, 5.41) is 3.23. The fourth-order valence-corrected chi connectivity index (χ4v) is 2.56. The molecular formula is C12H17ClF3N5. The largest absolute Gasteiger partial charge is 0.403 e. The Morgan fingerprint density at radius 1 is 1.24 bits per heavy atom. The van der Waals surface area contributed by atoms with Crippen molar-refractivity contribution >= 4 is 23.1 Å². The second-order valence-corrected chi connectivity index (χ2v) is 5.21. The zero-order valence-corrected chi connectivity index (χ0v) is 12.5. The van der Waals surface area contributed by atoms with E-state index in [1.54, 1.807) is 7.05 Å². The highest BCUT2D eigenvalue weighted by Crippen LogP contribution is 2.30. The Hall–Kier alpha value is -1.28. The molecule has 1 aliphatic heterocycles. The molecule has 9 heteroatoms. The first-order valence-electron chi connectivity index (χ1n) is 6.58. The predicted molar refractivity (Wildman–Crippen MR) is 75.9 cm³/mol. The lowest BCUT2D eigenvalue weighted by molar-refractivity contribution is -0.179. The van der Waals surface area contributed by atoms with E-state index in [0.717, 1.165) is 0 Å². The van der Waals surface area contributed by atoms with Gasteiger partial charge in [-0.2, -0.15) is 13.2 Å². The van der Waals surface area contributed by atoms with Crippen molar-refractivity contribution in [3.63, 3.8) is 0 Å². The van der Waals surface area contributed by atoms with Crippen LogP contribution in [0.3, 0.4) is 0 Å². The summed E-state index contributed by atoms with van der Waals surface area (Å²) in [4.78, 5) is 11.4. The van der Waals surface area contributed by atoms with E-state index in [2.05, 4.69) is 15.3 Å². The van der Waals surface area contributed by atoms with Crippen LogP contribution in [-0.2, 0) is 0 Å². The van der Waals surface area contributed by atoms with Crippen LogP contribution >= 0.6 is 11.6 Å². The smallest absolute Gasteiger partial charge is 0.383 e. The van der Waals surface area contributed by atoms with E-state index in [1.165, 1.54) is 18.2 Å². The second kappa shape index (κ2) is 6.23. The van der Waals surface area contributed by atoms with Gasteiger partial charge in [0.15, 0.2) is 11.0 Å². The first-order valence-corrected chi connectivity index (χ1v) is 6.96. The molecule has 21 heavy (non-hydrogen) atoms. The molecule has 0 bridgehead atoms. The van der Waals surface area contributed by atoms with Crippen LogP contribution in [0.15, 0.2) is 6.33 Å². The van der Waals surface area contributed by atoms with Gasteiger partial charge in [0.2, 0.25) is 0 Å². The lowest BCUT2D eigenvalue weighted by Crippen LogP contribution is -2.54. The predicted octanol–water partition coefficient (Wildman–Crippen LogP) is 2.24. The quantitative estimate of drug-likeness (QED) is 0.864. The monoisotopic (exact) mass is 323 g/mol. The van der Waals surface area contributed by atoms with Gasteiger partial charge in [-0.1, -0.05) is 11.6 Å². The van der Waals surface area contributed by atoms with Crippen molar-refractivity contribution in [1.29, 1.82) is 0 Å². The van der Waals surface area contributed by atoms with Crippen molar-refractivity contribution < 1.29 is 13.2 Å². The van der Waals surface area contributed by atoms with Gasteiger partial charge in [-0.15, -0.1) is 0 Å². The minimum atomic E-state index is -4.20. The lowest BCUT2D eigenvalue weighted by Gasteiger charge is -2.39. The molecule has 2 rings (SSSR count). The molecule has 0 spiro atoms. The van der Waals surface area contributed by atoms with Gasteiger partial charge in [-0.25, -0.2) is 9.97 Å². The first-order chi connectivity index (χ1) is 9.84. The lowest BCUT2D eigenvalue weighted by atomic mass is 10.2. The highest BCUT2D eigenvalue weighted by atomic mass is 35.5. The van der Waals surface area contributed by atoms with Crippen LogP contribution in [0.2, 0.25) is 5.15 Å². The summed E-state index contributed by atoms with van der Waals surface area (Å²) in [6.07, 6.45) is -2.85. The van der Waals surface area contributed by atoms with Crippen LogP contribution in [-0.4, -0.2) is 60.3 Å². The molecule has 118 valence electrons. The van der Waals surface area contributed by atoms with Crippen LogP contribution in [0.25, 0.3) is 0 Å². The van der Waals surface area contributed by atoms with Crippen molar-refractivity contribution in [2.45, 2.75) is 19.1 Å². The third kappa shape index (κ3) is 3.49. The van der Waals surface area contributed by atoms with Crippen LogP contribution in [0.1, 0.15) is 6.92 Å². The summed E-state index contributed by atoms with van der Waals surface area (Å²) in [5.74, 6) is 0.622. The Kier molecular flexibility index (Phi) is 4.77. The average Bonchev–Trinajstić information content (AvgIpc) is 2.45. The number of nitrogens with zero attached hydrogens (tertiary/aromatic N) is 4. The van der Waals surface area contributed by atoms with Crippen LogP contribution in [0.4, 0.5) is 24.7 Å². The summed E-state index contributed by atoms with van der Waals surface area (Å²) in [6.45, 7) is 2.76. The third-order valence-corrected chi connectivity index (χ3v) is 3.95. The zero-order chi connectivity index (χ0) is 15.6. The number of halogens is 4. The maximum Gasteiger partial charge on any atom is 0.403 e. The summed E-state index contributed by atoms with van der Waals surface area (Å²) >= 11 is 5.99. The molecule has 1 unspecified atom stereocenters. The van der Waals surface area contributed by atoms with Gasteiger partial charge < -0.3 is 10.2 Å². The number of hydrogen-bond acceptors (Lipinski definition) is 5. The Labute approximate surface area is 126 Å². The van der Waals surface area contributed by atoms with Crippen molar-refractivity contribution in [2.24, 2.45) is 0 Å². The maximum atomic E-state index is 12.7. The fourth-order valence-electron chi connectivity index (χ4n) is 2.34. The molecule has 0 aliphatic carbocycles. The molecule has 1 saturated heterocycles. The molecule has 1 fully saturated rings. The number of anilines is 2. The van der Waals surface area contributed by atoms with Gasteiger partial charge in [0.05, 0.1) is 0 Å². The molecule has 1 aromatic heterocycles. The average molecular weight is 324 g/mol. The summed E-state index contributed by atoms with van der Waals surface area (Å²) in [5.41, 5.74) is 0.594. The van der Waals surface area contributed by atoms with Gasteiger partial charge in [0.1, 0.15) is 18.1 Å². The molecule has 1 aliphatic rings. The van der Waals surface area contributed by atoms with E-state index in [9.17, 15) is 13.2 Å². The number of piperazine rings is 1. The minimum absolute atomic E-state index is 0.300. The zero-order valence-electron chi connectivity index (χ0n) is 11.8. The maximum absolute atomic E-state index is 12.7. The van der Waals surface area contributed by atoms with Crippen molar-refractivity contribution in [1.82, 2.24) is 14.9 Å². The molecule has 0 radical (unpaired) electrons. The Morgan fingerprint density at radius 3 is 2.38 bits per heavy atom. The summed E-state index contributed by atoms with van der Waals surface area (Å²) in [6, 6.07) is -1.43. The molecule has 1 atom stereocenters. The molecular weight excluding hydrogens is 307 g/mol. The molecule has 2 heterocycles. The molecule has 1 aromatic rings. The van der Waals surface area contributed by atoms with Gasteiger partial charge in [0, 0.05) is 33.2 Å². The number of hydrogen-bond donors (Lipinski definition) is 1. The standard InChI is InChI=1S/C12H17ClF3N5/c1-8(12(14,15)16)20-3-5-21(6-4-20)11-9(17-2)10(13)18-7-19-11/h7-8,17H,3-6H2,1-2H3. The third-order valence-electron chi connectivity index (χ3n) is 3.67. The van der Waals surface area contributed by atoms with Crippen LogP contribution < -0.4 is 10.2 Å². The second-order valence-electron chi connectivity index (χ2n) is 4.85. The van der Waals surface area contributed by atoms with Crippen LogP contribution in [0, 0.1) is 0 Å². The normalized spacial score (nSPS) is 18.7. The fraction of sp³-hybridized carbons (Fsp3) is 0.667. The molecule has 0 aromatic carbocycles. The van der Waals surface area contributed by atoms with E-state index >= 15 is 0 Å². The summed E-state index contributed by atoms with van der Waals surface area (Å²) in [7, 11) is 1.70. The van der Waals surface area contributed by atoms with Gasteiger partial charge in [-0.05, 0) is 6.92 Å². The SMILES string of the molecule is CNc1c(Cl)ncnc1N1CCN(C(C)C(F)(F)F)CC1. The Balaban J connectivity index is 2.07. The first kappa shape index (κ1) is 16.1. The van der Waals surface area contributed by atoms with Crippen molar-refractivity contribution in [3.8, 4) is 0 Å². The number of alkyl halides is 3. The summed E-state index contributed by atoms with van der Waals surface area (Å²) < 4.78 is 38.2. The highest BCUT2D eigenvalue weighted by Gasteiger charge is 2.41. The van der Waals surface area contributed by atoms with E-state index in [1.807, 2.05) is 4.90 Å². The highest BCUT2D eigenvalue weighted by molar-refractivity contribution is 6.32. The Bertz CT molecular complexity index is 488. The van der Waals surface area contributed by atoms with E-state index < -0.39 is 12.2 Å². The number of nitrogens with one attached hydrogen (secondary N) is 1. The molecule has 1 N–H and O–H groups in total. The van der Waals surface area contributed by atoms with Crippen molar-refractivity contribution in [2.75, 3.05) is 43.4 Å². The molecule has 5 nitrogen and oxygen atoms in total. The van der Waals surface area contributed by atoms with E-state index in [4.69, 9.17) is 11.6 Å².